The van der Waals surface area contributed by atoms with Crippen LogP contribution in [0, 0.1) is 0 Å². The van der Waals surface area contributed by atoms with Crippen molar-refractivity contribution in [2.24, 2.45) is 5.73 Å². The molecule has 0 radical (unpaired) electrons. The van der Waals surface area contributed by atoms with Crippen molar-refractivity contribution < 1.29 is 0 Å². The number of nitrogens with zero attached hydrogens (tertiary/aromatic N) is 2. The molecule has 3 nitrogen and oxygen atoms in total. The first-order valence-corrected chi connectivity index (χ1v) is 6.77. The van der Waals surface area contributed by atoms with E-state index in [-0.39, 0.29) is 0 Å². The Kier molecular flexibility index (Phi) is 3.22. The van der Waals surface area contributed by atoms with Gasteiger partial charge in [0, 0.05) is 25.0 Å². The number of benzene rings is 1. The summed E-state index contributed by atoms with van der Waals surface area (Å²) in [5.41, 5.74) is 8.19. The lowest BCUT2D eigenvalue weighted by Crippen LogP contribution is -2.29. The van der Waals surface area contributed by atoms with Crippen molar-refractivity contribution in [3.63, 3.8) is 0 Å². The van der Waals surface area contributed by atoms with Crippen molar-refractivity contribution in [1.29, 1.82) is 0 Å². The molecular formula is C16H19N3. The third-order valence-electron chi connectivity index (χ3n) is 3.72. The molecule has 0 unspecified atom stereocenters. The molecule has 1 aromatic heterocycles. The Labute approximate surface area is 113 Å². The van der Waals surface area contributed by atoms with Crippen molar-refractivity contribution in [1.82, 2.24) is 4.98 Å². The van der Waals surface area contributed by atoms with E-state index in [0.717, 1.165) is 31.0 Å². The molecule has 3 heteroatoms. The first-order chi connectivity index (χ1) is 9.28. The summed E-state index contributed by atoms with van der Waals surface area (Å²) in [7, 11) is 0. The Hall–Kier alpha value is -1.87. The number of anilines is 1. The van der Waals surface area contributed by atoms with E-state index in [0.29, 0.717) is 6.54 Å². The summed E-state index contributed by atoms with van der Waals surface area (Å²) in [6.45, 7) is 4.66. The average Bonchev–Trinajstić information content (AvgIpc) is 2.47. The van der Waals surface area contributed by atoms with Crippen LogP contribution in [-0.2, 0) is 6.54 Å². The number of hydrogen-bond donors (Lipinski definition) is 1. The summed E-state index contributed by atoms with van der Waals surface area (Å²) in [6.07, 6.45) is 3.40. The molecule has 0 bridgehead atoms. The Morgan fingerprint density at radius 1 is 1.32 bits per heavy atom. The molecule has 0 fully saturated rings. The third kappa shape index (κ3) is 2.34. The van der Waals surface area contributed by atoms with Crippen LogP contribution in [0.3, 0.4) is 0 Å². The number of rotatable bonds is 2. The molecular weight excluding hydrogens is 234 g/mol. The molecule has 1 aromatic carbocycles. The lowest BCUT2D eigenvalue weighted by Gasteiger charge is -2.28. The van der Waals surface area contributed by atoms with E-state index in [1.165, 1.54) is 16.3 Å². The Morgan fingerprint density at radius 2 is 2.16 bits per heavy atom. The summed E-state index contributed by atoms with van der Waals surface area (Å²) in [5.74, 6) is 1.07. The number of fused-ring (bicyclic) bond motifs is 1. The van der Waals surface area contributed by atoms with E-state index in [2.05, 4.69) is 48.2 Å². The molecule has 2 heterocycles. The van der Waals surface area contributed by atoms with Crippen molar-refractivity contribution in [3.8, 4) is 0 Å². The fourth-order valence-corrected chi connectivity index (χ4v) is 2.54. The van der Waals surface area contributed by atoms with Gasteiger partial charge >= 0.3 is 0 Å². The van der Waals surface area contributed by atoms with Crippen molar-refractivity contribution in [3.05, 3.63) is 47.7 Å². The summed E-state index contributed by atoms with van der Waals surface area (Å²) < 4.78 is 0. The summed E-state index contributed by atoms with van der Waals surface area (Å²) in [5, 5.41) is 2.44. The SMILES string of the molecule is CC1=CCN(c2nc(CN)cc3ccccc23)CC1. The smallest absolute Gasteiger partial charge is 0.137 e. The van der Waals surface area contributed by atoms with Gasteiger partial charge in [0.15, 0.2) is 0 Å². The summed E-state index contributed by atoms with van der Waals surface area (Å²) in [4.78, 5) is 7.08. The predicted octanol–water partition coefficient (Wildman–Crippen LogP) is 2.85. The molecule has 0 aliphatic carbocycles. The van der Waals surface area contributed by atoms with Crippen molar-refractivity contribution in [2.75, 3.05) is 18.0 Å². The van der Waals surface area contributed by atoms with E-state index < -0.39 is 0 Å². The van der Waals surface area contributed by atoms with Crippen LogP contribution in [0.1, 0.15) is 19.0 Å². The van der Waals surface area contributed by atoms with Crippen molar-refractivity contribution >= 4 is 16.6 Å². The highest BCUT2D eigenvalue weighted by atomic mass is 15.2. The molecule has 98 valence electrons. The standard InChI is InChI=1S/C16H19N3/c1-12-6-8-19(9-7-12)16-15-5-3-2-4-13(15)10-14(11-17)18-16/h2-6,10H,7-9,11,17H2,1H3. The van der Waals surface area contributed by atoms with Gasteiger partial charge in [-0.3, -0.25) is 0 Å². The maximum absolute atomic E-state index is 5.77. The van der Waals surface area contributed by atoms with Gasteiger partial charge in [0.25, 0.3) is 0 Å². The molecule has 1 aliphatic rings. The third-order valence-corrected chi connectivity index (χ3v) is 3.72. The van der Waals surface area contributed by atoms with Gasteiger partial charge in [-0.1, -0.05) is 35.9 Å². The molecule has 0 spiro atoms. The maximum Gasteiger partial charge on any atom is 0.137 e. The summed E-state index contributed by atoms with van der Waals surface area (Å²) >= 11 is 0. The number of aromatic nitrogens is 1. The van der Waals surface area contributed by atoms with Crippen LogP contribution in [-0.4, -0.2) is 18.1 Å². The second kappa shape index (κ2) is 5.02. The monoisotopic (exact) mass is 253 g/mol. The minimum Gasteiger partial charge on any atom is -0.352 e. The minimum absolute atomic E-state index is 0.487. The van der Waals surface area contributed by atoms with Crippen LogP contribution in [0.2, 0.25) is 0 Å². The molecule has 0 saturated carbocycles. The first kappa shape index (κ1) is 12.2. The van der Waals surface area contributed by atoms with Crippen molar-refractivity contribution in [2.45, 2.75) is 19.9 Å². The Bertz CT molecular complexity index is 631. The molecule has 2 N–H and O–H groups in total. The van der Waals surface area contributed by atoms with Gasteiger partial charge in [-0.05, 0) is 24.8 Å². The van der Waals surface area contributed by atoms with Gasteiger partial charge in [-0.2, -0.15) is 0 Å². The maximum atomic E-state index is 5.77. The van der Waals surface area contributed by atoms with Crippen LogP contribution < -0.4 is 10.6 Å². The van der Waals surface area contributed by atoms with E-state index in [1.54, 1.807) is 0 Å². The van der Waals surface area contributed by atoms with Crippen LogP contribution in [0.4, 0.5) is 5.82 Å². The van der Waals surface area contributed by atoms with Crippen LogP contribution >= 0.6 is 0 Å². The van der Waals surface area contributed by atoms with E-state index >= 15 is 0 Å². The molecule has 0 amide bonds. The predicted molar refractivity (Wildman–Crippen MR) is 80.2 cm³/mol. The second-order valence-electron chi connectivity index (χ2n) is 5.11. The van der Waals surface area contributed by atoms with E-state index in [4.69, 9.17) is 10.7 Å². The highest BCUT2D eigenvalue weighted by molar-refractivity contribution is 5.92. The zero-order chi connectivity index (χ0) is 13.2. The molecule has 1 aliphatic heterocycles. The highest BCUT2D eigenvalue weighted by Gasteiger charge is 2.15. The molecule has 0 saturated heterocycles. The second-order valence-corrected chi connectivity index (χ2v) is 5.11. The van der Waals surface area contributed by atoms with Crippen LogP contribution in [0.15, 0.2) is 42.0 Å². The van der Waals surface area contributed by atoms with Gasteiger partial charge in [0.1, 0.15) is 5.82 Å². The van der Waals surface area contributed by atoms with Gasteiger partial charge in [-0.15, -0.1) is 0 Å². The van der Waals surface area contributed by atoms with Gasteiger partial charge in [0.2, 0.25) is 0 Å². The minimum atomic E-state index is 0.487. The normalized spacial score (nSPS) is 15.7. The lowest BCUT2D eigenvalue weighted by atomic mass is 10.1. The highest BCUT2D eigenvalue weighted by Crippen LogP contribution is 2.27. The number of nitrogens with two attached hydrogens (primary N) is 1. The average molecular weight is 253 g/mol. The topological polar surface area (TPSA) is 42.2 Å². The van der Waals surface area contributed by atoms with E-state index in [9.17, 15) is 0 Å². The molecule has 19 heavy (non-hydrogen) atoms. The van der Waals surface area contributed by atoms with Crippen LogP contribution in [0.25, 0.3) is 10.8 Å². The van der Waals surface area contributed by atoms with E-state index in [1.807, 2.05) is 0 Å². The Morgan fingerprint density at radius 3 is 2.89 bits per heavy atom. The molecule has 3 rings (SSSR count). The number of pyridine rings is 1. The molecule has 0 atom stereocenters. The lowest BCUT2D eigenvalue weighted by molar-refractivity contribution is 0.775. The fraction of sp³-hybridized carbons (Fsp3) is 0.312. The molecule has 2 aromatic rings. The van der Waals surface area contributed by atoms with Gasteiger partial charge in [-0.25, -0.2) is 4.98 Å². The largest absolute Gasteiger partial charge is 0.352 e. The quantitative estimate of drug-likeness (QED) is 0.837. The Balaban J connectivity index is 2.11. The van der Waals surface area contributed by atoms with Gasteiger partial charge in [0.05, 0.1) is 5.69 Å². The first-order valence-electron chi connectivity index (χ1n) is 6.77. The summed E-state index contributed by atoms with van der Waals surface area (Å²) in [6, 6.07) is 10.5. The van der Waals surface area contributed by atoms with Crippen LogP contribution in [0.5, 0.6) is 0 Å². The number of hydrogen-bond acceptors (Lipinski definition) is 3. The zero-order valence-electron chi connectivity index (χ0n) is 11.3. The van der Waals surface area contributed by atoms with Gasteiger partial charge < -0.3 is 10.6 Å². The fourth-order valence-electron chi connectivity index (χ4n) is 2.54. The zero-order valence-corrected chi connectivity index (χ0v) is 11.3.